The van der Waals surface area contributed by atoms with E-state index in [4.69, 9.17) is 14.7 Å². The van der Waals surface area contributed by atoms with E-state index in [1.165, 1.54) is 0 Å². The lowest BCUT2D eigenvalue weighted by Crippen LogP contribution is -2.20. The van der Waals surface area contributed by atoms with E-state index in [1.807, 2.05) is 83.1 Å². The highest BCUT2D eigenvalue weighted by molar-refractivity contribution is 8.06. The third-order valence-electron chi connectivity index (χ3n) is 4.10. The molecule has 0 radical (unpaired) electrons. The topological polar surface area (TPSA) is 121 Å². The fourth-order valence-corrected chi connectivity index (χ4v) is 2.31. The fourth-order valence-electron chi connectivity index (χ4n) is 2.31. The van der Waals surface area contributed by atoms with Gasteiger partial charge in [-0.1, -0.05) is 83.1 Å². The maximum atomic E-state index is 9.20. The molecular weight excluding hydrogens is 411 g/mol. The summed E-state index contributed by atoms with van der Waals surface area (Å²) in [7, 11) is 0. The first-order valence-electron chi connectivity index (χ1n) is 10.5. The SMILES string of the molecule is CC(C)C(O)C(C)C.CC(C)C(O)C(C)C.CC(C)C(O)C(C)C.OP(O)(O)=S. The zero-order chi connectivity index (χ0) is 24.7. The van der Waals surface area contributed by atoms with Crippen LogP contribution in [-0.2, 0) is 11.8 Å². The molecule has 0 aromatic heterocycles. The van der Waals surface area contributed by atoms with Crippen LogP contribution in [0.15, 0.2) is 0 Å². The molecule has 6 nitrogen and oxygen atoms in total. The van der Waals surface area contributed by atoms with Crippen LogP contribution in [0, 0.1) is 35.5 Å². The summed E-state index contributed by atoms with van der Waals surface area (Å²) in [5.41, 5.74) is 0. The summed E-state index contributed by atoms with van der Waals surface area (Å²) >= 11 is 3.60. The molecule has 0 saturated carbocycles. The molecule has 0 fully saturated rings. The van der Waals surface area contributed by atoms with Gasteiger partial charge in [-0.25, -0.2) is 0 Å². The van der Waals surface area contributed by atoms with Gasteiger partial charge in [0.1, 0.15) is 0 Å². The van der Waals surface area contributed by atoms with Gasteiger partial charge in [0.15, 0.2) is 0 Å². The Kier molecular flexibility index (Phi) is 24.2. The largest absolute Gasteiger partial charge is 0.393 e. The minimum Gasteiger partial charge on any atom is -0.393 e. The standard InChI is InChI=1S/3C7H16O.H3O3PS/c3*1-5(2)7(8)6(3)4;1-4(2,3)5/h3*5-8H,1-4H3;(H3,1,2,3,5). The van der Waals surface area contributed by atoms with E-state index in [0.717, 1.165) is 0 Å². The van der Waals surface area contributed by atoms with E-state index in [1.54, 1.807) is 0 Å². The van der Waals surface area contributed by atoms with Crippen LogP contribution in [0.2, 0.25) is 0 Å². The molecule has 0 aliphatic heterocycles. The molecule has 0 aromatic carbocycles. The second-order valence-corrected chi connectivity index (χ2v) is 11.9. The van der Waals surface area contributed by atoms with Crippen LogP contribution >= 0.6 is 6.72 Å². The van der Waals surface area contributed by atoms with E-state index in [-0.39, 0.29) is 18.3 Å². The molecule has 0 spiro atoms. The van der Waals surface area contributed by atoms with Crippen molar-refractivity contribution in [1.29, 1.82) is 0 Å². The van der Waals surface area contributed by atoms with Gasteiger partial charge in [0.05, 0.1) is 18.3 Å². The Labute approximate surface area is 185 Å². The lowest BCUT2D eigenvalue weighted by atomic mass is 9.97. The maximum absolute atomic E-state index is 9.20. The van der Waals surface area contributed by atoms with Gasteiger partial charge in [-0.05, 0) is 47.3 Å². The van der Waals surface area contributed by atoms with Crippen LogP contribution < -0.4 is 0 Å². The highest BCUT2D eigenvalue weighted by atomic mass is 32.5. The molecule has 29 heavy (non-hydrogen) atoms. The second-order valence-electron chi connectivity index (χ2n) is 9.45. The molecule has 0 unspecified atom stereocenters. The molecule has 6 N–H and O–H groups in total. The normalized spacial score (nSPS) is 12.0. The van der Waals surface area contributed by atoms with Crippen LogP contribution in [-0.4, -0.2) is 48.3 Å². The predicted molar refractivity (Wildman–Crippen MR) is 128 cm³/mol. The Hall–Kier alpha value is 0.410. The average Bonchev–Trinajstić information content (AvgIpc) is 2.51. The van der Waals surface area contributed by atoms with Crippen molar-refractivity contribution in [2.45, 2.75) is 101 Å². The summed E-state index contributed by atoms with van der Waals surface area (Å²) in [6, 6.07) is 0. The van der Waals surface area contributed by atoms with Crippen LogP contribution in [0.25, 0.3) is 0 Å². The number of aliphatic hydroxyl groups is 3. The summed E-state index contributed by atoms with van der Waals surface area (Å²) in [6.45, 7) is 20.6. The molecular formula is C21H51O6PS. The number of rotatable bonds is 6. The van der Waals surface area contributed by atoms with Crippen molar-refractivity contribution in [3.05, 3.63) is 0 Å². The molecule has 0 heterocycles. The first-order valence-corrected chi connectivity index (χ1v) is 13.1. The van der Waals surface area contributed by atoms with Crippen molar-refractivity contribution >= 4 is 18.5 Å². The highest BCUT2D eigenvalue weighted by Crippen LogP contribution is 2.26. The smallest absolute Gasteiger partial charge is 0.319 e. The summed E-state index contributed by atoms with van der Waals surface area (Å²) in [4.78, 5) is 22.7. The molecule has 0 aliphatic rings. The minimum atomic E-state index is -3.81. The molecule has 182 valence electrons. The monoisotopic (exact) mass is 462 g/mol. The van der Waals surface area contributed by atoms with Crippen molar-refractivity contribution in [3.8, 4) is 0 Å². The van der Waals surface area contributed by atoms with E-state index in [0.29, 0.717) is 35.5 Å². The van der Waals surface area contributed by atoms with Crippen molar-refractivity contribution in [1.82, 2.24) is 0 Å². The molecule has 0 rings (SSSR count). The van der Waals surface area contributed by atoms with Gasteiger partial charge in [-0.3, -0.25) is 0 Å². The Balaban J connectivity index is -0.000000146. The maximum Gasteiger partial charge on any atom is 0.319 e. The number of hydrogen-bond donors (Lipinski definition) is 6. The van der Waals surface area contributed by atoms with E-state index >= 15 is 0 Å². The second kappa shape index (κ2) is 19.1. The first-order chi connectivity index (χ1) is 12.7. The van der Waals surface area contributed by atoms with Gasteiger partial charge in [0.2, 0.25) is 0 Å². The molecule has 0 aromatic rings. The Morgan fingerprint density at radius 2 is 0.483 bits per heavy atom. The highest BCUT2D eigenvalue weighted by Gasteiger charge is 2.13. The Morgan fingerprint density at radius 1 is 0.414 bits per heavy atom. The van der Waals surface area contributed by atoms with Gasteiger partial charge >= 0.3 is 6.72 Å². The molecule has 0 saturated heterocycles. The Morgan fingerprint density at radius 3 is 0.483 bits per heavy atom. The van der Waals surface area contributed by atoms with Crippen molar-refractivity contribution in [3.63, 3.8) is 0 Å². The zero-order valence-electron chi connectivity index (χ0n) is 20.7. The lowest BCUT2D eigenvalue weighted by molar-refractivity contribution is 0.0800. The third kappa shape index (κ3) is 33.3. The molecule has 0 atom stereocenters. The Bertz CT molecular complexity index is 320. The molecule has 0 amide bonds. The predicted octanol–water partition coefficient (Wildman–Crippen LogP) is 4.17. The zero-order valence-corrected chi connectivity index (χ0v) is 22.4. The van der Waals surface area contributed by atoms with Gasteiger partial charge in [-0.2, -0.15) is 0 Å². The summed E-state index contributed by atoms with van der Waals surface area (Å²) < 4.78 is 0. The first kappa shape index (κ1) is 36.8. The fraction of sp³-hybridized carbons (Fsp3) is 1.00. The number of aliphatic hydroxyl groups excluding tert-OH is 3. The van der Waals surface area contributed by atoms with Gasteiger partial charge in [-0.15, -0.1) is 0 Å². The third-order valence-corrected chi connectivity index (χ3v) is 4.10. The summed E-state index contributed by atoms with van der Waals surface area (Å²) in [5.74, 6) is 2.39. The van der Waals surface area contributed by atoms with Crippen LogP contribution in [0.1, 0.15) is 83.1 Å². The van der Waals surface area contributed by atoms with E-state index in [2.05, 4.69) is 11.8 Å². The van der Waals surface area contributed by atoms with Crippen molar-refractivity contribution in [2.75, 3.05) is 0 Å². The van der Waals surface area contributed by atoms with Crippen LogP contribution in [0.4, 0.5) is 0 Å². The number of hydrogen-bond acceptors (Lipinski definition) is 4. The lowest BCUT2D eigenvalue weighted by Gasteiger charge is -2.17. The van der Waals surface area contributed by atoms with Crippen LogP contribution in [0.3, 0.4) is 0 Å². The van der Waals surface area contributed by atoms with Gasteiger partial charge in [0.25, 0.3) is 0 Å². The van der Waals surface area contributed by atoms with Crippen molar-refractivity contribution in [2.24, 2.45) is 35.5 Å². The van der Waals surface area contributed by atoms with E-state index < -0.39 is 6.72 Å². The average molecular weight is 463 g/mol. The molecule has 8 heteroatoms. The molecule has 0 bridgehead atoms. The minimum absolute atomic E-state index is 0.130. The van der Waals surface area contributed by atoms with Gasteiger partial charge < -0.3 is 30.0 Å². The summed E-state index contributed by atoms with van der Waals surface area (Å²) in [6.07, 6.45) is -0.389. The van der Waals surface area contributed by atoms with E-state index in [9.17, 15) is 15.3 Å². The quantitative estimate of drug-likeness (QED) is 0.328. The molecule has 0 aliphatic carbocycles. The summed E-state index contributed by atoms with van der Waals surface area (Å²) in [5, 5.41) is 27.6. The van der Waals surface area contributed by atoms with Crippen LogP contribution in [0.5, 0.6) is 0 Å². The van der Waals surface area contributed by atoms with Gasteiger partial charge in [0, 0.05) is 0 Å². The van der Waals surface area contributed by atoms with Crippen molar-refractivity contribution < 1.29 is 30.0 Å².